The molecule has 28 heavy (non-hydrogen) atoms. The molecule has 9 heteroatoms. The molecule has 0 aliphatic rings. The number of aromatic hydroxyl groups is 2. The van der Waals surface area contributed by atoms with Crippen LogP contribution < -0.4 is 0 Å². The highest BCUT2D eigenvalue weighted by Crippen LogP contribution is 2.33. The van der Waals surface area contributed by atoms with Crippen LogP contribution in [0.15, 0.2) is 12.4 Å². The molecule has 148 valence electrons. The lowest BCUT2D eigenvalue weighted by atomic mass is 10.1. The van der Waals surface area contributed by atoms with E-state index in [0.29, 0.717) is 33.6 Å². The van der Waals surface area contributed by atoms with Gasteiger partial charge >= 0.3 is 0 Å². The highest BCUT2D eigenvalue weighted by atomic mass is 35.5. The van der Waals surface area contributed by atoms with E-state index in [1.54, 1.807) is 13.8 Å². The van der Waals surface area contributed by atoms with Crippen LogP contribution in [0.1, 0.15) is 33.6 Å². The summed E-state index contributed by atoms with van der Waals surface area (Å²) in [5.74, 6) is 5.37. The molecule has 0 fully saturated rings. The summed E-state index contributed by atoms with van der Waals surface area (Å²) < 4.78 is -0.182. The van der Waals surface area contributed by atoms with Crippen molar-refractivity contribution in [3.05, 3.63) is 46.0 Å². The van der Waals surface area contributed by atoms with Gasteiger partial charge in [-0.05, 0) is 13.8 Å². The monoisotopic (exact) mass is 456 g/mol. The van der Waals surface area contributed by atoms with Gasteiger partial charge in [-0.3, -0.25) is 14.8 Å². The lowest BCUT2D eigenvalue weighted by Gasteiger charge is -2.10. The van der Waals surface area contributed by atoms with E-state index >= 15 is 0 Å². The molecular weight excluding hydrogens is 439 g/mol. The maximum absolute atomic E-state index is 12.2. The molecule has 0 radical (unpaired) electrons. The number of pyridine rings is 2. The number of carbonyl (C=O) groups excluding carboxylic acids is 1. The first-order valence-corrected chi connectivity index (χ1v) is 9.43. The summed E-state index contributed by atoms with van der Waals surface area (Å²) in [5.41, 5.74) is 2.83. The molecule has 0 bridgehead atoms. The molecule has 2 rings (SSSR count). The van der Waals surface area contributed by atoms with Crippen molar-refractivity contribution in [1.29, 1.82) is 0 Å². The molecule has 0 amide bonds. The van der Waals surface area contributed by atoms with Crippen LogP contribution in [0.25, 0.3) is 0 Å². The molecule has 0 aromatic carbocycles. The third-order valence-corrected chi connectivity index (χ3v) is 5.71. The average Bonchev–Trinajstić information content (AvgIpc) is 2.63. The summed E-state index contributed by atoms with van der Waals surface area (Å²) in [6, 6.07) is 0. The fourth-order valence-corrected chi connectivity index (χ4v) is 3.93. The van der Waals surface area contributed by atoms with E-state index in [4.69, 9.17) is 12.8 Å². The first-order chi connectivity index (χ1) is 12.4. The summed E-state index contributed by atoms with van der Waals surface area (Å²) >= 11 is 2.03. The second-order valence-corrected chi connectivity index (χ2v) is 7.44. The number of hydrogen-bond acceptors (Lipinski definition) is 7. The number of carbonyl (C=O) groups is 1. The third-order valence-electron chi connectivity index (χ3n) is 3.66. The zero-order valence-electron chi connectivity index (χ0n) is 15.1. The number of halogens is 2. The number of terminal acetylenes is 2. The van der Waals surface area contributed by atoms with Crippen LogP contribution in [0.5, 0.6) is 11.5 Å². The Hall–Kier alpha value is -2.03. The molecule has 0 unspecified atom stereocenters. The standard InChI is InChI=1S/C19H16N2O3S2.2ClH/c1-5-13-7-20-11(3)17(22)15(13)9-25-19(24)26-10-16-14(6-2)8-21-12(4)18(16)23;;/h1-2,7-8,22-23H,9-10H2,3-4H3;2*1H. The smallest absolute Gasteiger partial charge is 0.246 e. The lowest BCUT2D eigenvalue weighted by molar-refractivity contribution is 0.276. The highest BCUT2D eigenvalue weighted by molar-refractivity contribution is 8.37. The maximum Gasteiger partial charge on any atom is 0.246 e. The van der Waals surface area contributed by atoms with Crippen molar-refractivity contribution in [2.24, 2.45) is 0 Å². The van der Waals surface area contributed by atoms with Gasteiger partial charge in [0.15, 0.2) is 0 Å². The predicted molar refractivity (Wildman–Crippen MR) is 120 cm³/mol. The quantitative estimate of drug-likeness (QED) is 0.650. The Balaban J connectivity index is 0.00000364. The normalized spacial score (nSPS) is 9.43. The number of aryl methyl sites for hydroxylation is 2. The summed E-state index contributed by atoms with van der Waals surface area (Å²) in [6.45, 7) is 3.33. The molecule has 2 aromatic rings. The second kappa shape index (κ2) is 11.7. The van der Waals surface area contributed by atoms with Crippen molar-refractivity contribution < 1.29 is 15.0 Å². The Bertz CT molecular complexity index is 878. The van der Waals surface area contributed by atoms with Crippen molar-refractivity contribution in [3.8, 4) is 36.2 Å². The Morgan fingerprint density at radius 1 is 0.929 bits per heavy atom. The van der Waals surface area contributed by atoms with Gasteiger partial charge < -0.3 is 10.2 Å². The summed E-state index contributed by atoms with van der Waals surface area (Å²) in [5, 5.41) is 20.2. The number of nitrogens with zero attached hydrogens (tertiary/aromatic N) is 2. The van der Waals surface area contributed by atoms with E-state index in [2.05, 4.69) is 21.8 Å². The van der Waals surface area contributed by atoms with Gasteiger partial charge in [0.05, 0.1) is 22.5 Å². The van der Waals surface area contributed by atoms with Crippen molar-refractivity contribution in [2.75, 3.05) is 0 Å². The van der Waals surface area contributed by atoms with Gasteiger partial charge in [-0.25, -0.2) is 0 Å². The molecule has 0 saturated heterocycles. The second-order valence-electron chi connectivity index (χ2n) is 5.28. The zero-order valence-corrected chi connectivity index (χ0v) is 18.3. The lowest BCUT2D eigenvalue weighted by Crippen LogP contribution is -1.97. The van der Waals surface area contributed by atoms with Crippen LogP contribution in [0.4, 0.5) is 4.79 Å². The topological polar surface area (TPSA) is 83.3 Å². The Labute approximate surface area is 185 Å². The van der Waals surface area contributed by atoms with Gasteiger partial charge in [0.2, 0.25) is 4.45 Å². The van der Waals surface area contributed by atoms with Gasteiger partial charge in [-0.15, -0.1) is 37.7 Å². The summed E-state index contributed by atoms with van der Waals surface area (Å²) in [7, 11) is 0. The van der Waals surface area contributed by atoms with Gasteiger partial charge in [0.25, 0.3) is 0 Å². The molecule has 2 heterocycles. The Kier molecular flexibility index (Phi) is 10.9. The van der Waals surface area contributed by atoms with Crippen LogP contribution >= 0.6 is 48.3 Å². The molecule has 0 aliphatic heterocycles. The highest BCUT2D eigenvalue weighted by Gasteiger charge is 2.16. The maximum atomic E-state index is 12.2. The van der Waals surface area contributed by atoms with Crippen LogP contribution in [0.3, 0.4) is 0 Å². The van der Waals surface area contributed by atoms with Gasteiger partial charge in [0, 0.05) is 35.0 Å². The molecule has 0 spiro atoms. The van der Waals surface area contributed by atoms with Crippen molar-refractivity contribution in [1.82, 2.24) is 9.97 Å². The van der Waals surface area contributed by atoms with Gasteiger partial charge in [0.1, 0.15) is 11.5 Å². The number of hydrogen-bond donors (Lipinski definition) is 2. The largest absolute Gasteiger partial charge is 0.506 e. The number of rotatable bonds is 4. The molecule has 0 saturated carbocycles. The molecule has 0 aliphatic carbocycles. The van der Waals surface area contributed by atoms with E-state index in [-0.39, 0.29) is 52.3 Å². The SMILES string of the molecule is C#Cc1cnc(C)c(O)c1CSC(=O)SCc1c(C#C)cnc(C)c1O.Cl.Cl. The van der Waals surface area contributed by atoms with Crippen LogP contribution in [-0.2, 0) is 11.5 Å². The fourth-order valence-electron chi connectivity index (χ4n) is 2.14. The minimum Gasteiger partial charge on any atom is -0.506 e. The van der Waals surface area contributed by atoms with Crippen LogP contribution in [-0.4, -0.2) is 24.6 Å². The Morgan fingerprint density at radius 2 is 1.29 bits per heavy atom. The summed E-state index contributed by atoms with van der Waals surface area (Å²) in [6.07, 6.45) is 13.8. The first-order valence-electron chi connectivity index (χ1n) is 7.46. The minimum absolute atomic E-state index is 0. The zero-order chi connectivity index (χ0) is 19.3. The first kappa shape index (κ1) is 26.0. The van der Waals surface area contributed by atoms with Crippen molar-refractivity contribution in [3.63, 3.8) is 0 Å². The summed E-state index contributed by atoms with van der Waals surface area (Å²) in [4.78, 5) is 20.2. The molecule has 2 aromatic heterocycles. The number of aromatic nitrogens is 2. The fraction of sp³-hybridized carbons (Fsp3) is 0.211. The van der Waals surface area contributed by atoms with E-state index in [1.807, 2.05) is 0 Å². The Morgan fingerprint density at radius 3 is 1.61 bits per heavy atom. The van der Waals surface area contributed by atoms with Crippen molar-refractivity contribution >= 4 is 52.8 Å². The third kappa shape index (κ3) is 5.98. The minimum atomic E-state index is -0.182. The van der Waals surface area contributed by atoms with Gasteiger partial charge in [-0.2, -0.15) is 0 Å². The van der Waals surface area contributed by atoms with Crippen molar-refractivity contribution in [2.45, 2.75) is 25.4 Å². The van der Waals surface area contributed by atoms with E-state index in [1.165, 1.54) is 12.4 Å². The van der Waals surface area contributed by atoms with Crippen LogP contribution in [0.2, 0.25) is 0 Å². The number of thioether (sulfide) groups is 2. The molecule has 5 nitrogen and oxygen atoms in total. The van der Waals surface area contributed by atoms with Crippen LogP contribution in [0, 0.1) is 38.5 Å². The van der Waals surface area contributed by atoms with E-state index in [9.17, 15) is 15.0 Å². The predicted octanol–water partition coefficient (Wildman–Crippen LogP) is 4.60. The average molecular weight is 457 g/mol. The molecule has 2 N–H and O–H groups in total. The molecular formula is C19H18Cl2N2O3S2. The van der Waals surface area contributed by atoms with Gasteiger partial charge in [-0.1, -0.05) is 35.4 Å². The molecule has 0 atom stereocenters. The van der Waals surface area contributed by atoms with E-state index in [0.717, 1.165) is 23.5 Å². The van der Waals surface area contributed by atoms with E-state index < -0.39 is 0 Å².